The molecule has 2 amide bonds. The summed E-state index contributed by atoms with van der Waals surface area (Å²) in [4.78, 5) is 44.1. The lowest BCUT2D eigenvalue weighted by atomic mass is 9.71. The molecule has 32 heavy (non-hydrogen) atoms. The number of thioether (sulfide) groups is 1. The van der Waals surface area contributed by atoms with Gasteiger partial charge in [-0.1, -0.05) is 18.7 Å². The molecule has 3 rings (SSSR count). The fraction of sp³-hybridized carbons (Fsp3) is 0.708. The van der Waals surface area contributed by atoms with E-state index in [9.17, 15) is 14.4 Å². The first-order chi connectivity index (χ1) is 15.3. The van der Waals surface area contributed by atoms with Crippen molar-refractivity contribution >= 4 is 29.5 Å². The van der Waals surface area contributed by atoms with E-state index in [1.54, 1.807) is 27.6 Å². The van der Waals surface area contributed by atoms with Gasteiger partial charge in [-0.3, -0.25) is 14.4 Å². The molecule has 5 atom stereocenters. The first-order valence-electron chi connectivity index (χ1n) is 11.6. The van der Waals surface area contributed by atoms with E-state index in [0.717, 1.165) is 19.3 Å². The number of hydrogen-bond acceptors (Lipinski definition) is 6. The van der Waals surface area contributed by atoms with Gasteiger partial charge in [0.25, 0.3) is 0 Å². The van der Waals surface area contributed by atoms with Gasteiger partial charge < -0.3 is 19.6 Å². The molecular formula is C24H36N2O5S. The smallest absolute Gasteiger partial charge is 0.311 e. The predicted molar refractivity (Wildman–Crippen MR) is 125 cm³/mol. The number of aliphatic hydroxyl groups is 1. The van der Waals surface area contributed by atoms with E-state index in [1.807, 2.05) is 13.8 Å². The Morgan fingerprint density at radius 3 is 2.69 bits per heavy atom. The topological polar surface area (TPSA) is 87.2 Å². The lowest BCUT2D eigenvalue weighted by molar-refractivity contribution is -0.153. The highest BCUT2D eigenvalue weighted by atomic mass is 32.2. The molecule has 0 aliphatic carbocycles. The molecule has 7 nitrogen and oxygen atoms in total. The van der Waals surface area contributed by atoms with Crippen LogP contribution < -0.4 is 0 Å². The summed E-state index contributed by atoms with van der Waals surface area (Å²) in [5.41, 5.74) is 0. The molecule has 0 saturated carbocycles. The Labute approximate surface area is 195 Å². The molecule has 1 N–H and O–H groups in total. The number of carbonyl (C=O) groups is 3. The largest absolute Gasteiger partial charge is 0.461 e. The van der Waals surface area contributed by atoms with Gasteiger partial charge in [0.1, 0.15) is 12.6 Å². The summed E-state index contributed by atoms with van der Waals surface area (Å²) in [6.45, 7) is 12.4. The van der Waals surface area contributed by atoms with Crippen molar-refractivity contribution in [1.29, 1.82) is 0 Å². The monoisotopic (exact) mass is 464 g/mol. The average molecular weight is 465 g/mol. The van der Waals surface area contributed by atoms with Crippen molar-refractivity contribution < 1.29 is 24.2 Å². The Kier molecular flexibility index (Phi) is 8.09. The van der Waals surface area contributed by atoms with Crippen molar-refractivity contribution in [3.63, 3.8) is 0 Å². The number of rotatable bonds is 12. The minimum Gasteiger partial charge on any atom is -0.461 e. The number of carbonyl (C=O) groups excluding carboxylic acids is 3. The molecule has 2 bridgehead atoms. The van der Waals surface area contributed by atoms with Crippen molar-refractivity contribution in [2.45, 2.75) is 68.0 Å². The van der Waals surface area contributed by atoms with Crippen LogP contribution in [0.5, 0.6) is 0 Å². The molecule has 0 aromatic rings. The SMILES string of the molecule is C=CCOC(=O)[C@@H]1[C@@H]2CCC3(S2)C(C(=O)N(CC=C)C(C)C)N(CCCCCO)C(=O)[C@H]13. The van der Waals surface area contributed by atoms with Crippen LogP contribution in [0.4, 0.5) is 0 Å². The summed E-state index contributed by atoms with van der Waals surface area (Å²) < 4.78 is 4.78. The Bertz CT molecular complexity index is 757. The van der Waals surface area contributed by atoms with Gasteiger partial charge in [0.15, 0.2) is 0 Å². The predicted octanol–water partition coefficient (Wildman–Crippen LogP) is 2.39. The van der Waals surface area contributed by atoms with Gasteiger partial charge >= 0.3 is 5.97 Å². The summed E-state index contributed by atoms with van der Waals surface area (Å²) in [5, 5.41) is 9.11. The summed E-state index contributed by atoms with van der Waals surface area (Å²) in [6, 6.07) is -0.622. The maximum atomic E-state index is 13.9. The summed E-state index contributed by atoms with van der Waals surface area (Å²) >= 11 is 1.65. The summed E-state index contributed by atoms with van der Waals surface area (Å²) in [6.07, 6.45) is 6.93. The fourth-order valence-corrected chi connectivity index (χ4v) is 7.80. The van der Waals surface area contributed by atoms with E-state index < -0.39 is 22.6 Å². The highest BCUT2D eigenvalue weighted by Gasteiger charge is 2.74. The summed E-state index contributed by atoms with van der Waals surface area (Å²) in [5.74, 6) is -1.59. The second kappa shape index (κ2) is 10.4. The number of likely N-dealkylation sites (tertiary alicyclic amines) is 1. The third kappa shape index (κ3) is 4.23. The van der Waals surface area contributed by atoms with E-state index in [-0.39, 0.29) is 42.3 Å². The molecule has 0 aromatic heterocycles. The minimum absolute atomic E-state index is 0.00000790. The van der Waals surface area contributed by atoms with Crippen molar-refractivity contribution in [2.75, 3.05) is 26.3 Å². The first-order valence-corrected chi connectivity index (χ1v) is 12.5. The van der Waals surface area contributed by atoms with Crippen molar-refractivity contribution in [1.82, 2.24) is 9.80 Å². The number of esters is 1. The van der Waals surface area contributed by atoms with Crippen LogP contribution in [0.25, 0.3) is 0 Å². The zero-order valence-electron chi connectivity index (χ0n) is 19.2. The van der Waals surface area contributed by atoms with E-state index in [0.29, 0.717) is 25.9 Å². The van der Waals surface area contributed by atoms with Crippen LogP contribution in [0.15, 0.2) is 25.3 Å². The lowest BCUT2D eigenvalue weighted by Crippen LogP contribution is -2.56. The maximum absolute atomic E-state index is 13.9. The Morgan fingerprint density at radius 1 is 1.31 bits per heavy atom. The number of unbranched alkanes of at least 4 members (excludes halogenated alkanes) is 2. The molecule has 1 spiro atoms. The number of amides is 2. The van der Waals surface area contributed by atoms with E-state index in [4.69, 9.17) is 9.84 Å². The van der Waals surface area contributed by atoms with Crippen LogP contribution in [0, 0.1) is 11.8 Å². The zero-order valence-corrected chi connectivity index (χ0v) is 20.0. The Hall–Kier alpha value is -1.80. The molecule has 2 unspecified atom stereocenters. The molecule has 178 valence electrons. The van der Waals surface area contributed by atoms with Crippen molar-refractivity contribution in [2.24, 2.45) is 11.8 Å². The number of nitrogens with zero attached hydrogens (tertiary/aromatic N) is 2. The van der Waals surface area contributed by atoms with Gasteiger partial charge in [0.05, 0.1) is 16.6 Å². The second-order valence-corrected chi connectivity index (χ2v) is 10.8. The zero-order chi connectivity index (χ0) is 23.5. The van der Waals surface area contributed by atoms with Crippen LogP contribution in [-0.4, -0.2) is 81.1 Å². The highest BCUT2D eigenvalue weighted by molar-refractivity contribution is 8.02. The van der Waals surface area contributed by atoms with Crippen LogP contribution in [0.1, 0.15) is 46.0 Å². The molecule has 3 aliphatic rings. The van der Waals surface area contributed by atoms with Gasteiger partial charge in [-0.05, 0) is 46.0 Å². The number of ether oxygens (including phenoxy) is 1. The third-order valence-electron chi connectivity index (χ3n) is 6.94. The van der Waals surface area contributed by atoms with Crippen LogP contribution in [0.2, 0.25) is 0 Å². The average Bonchev–Trinajstić information content (AvgIpc) is 3.40. The van der Waals surface area contributed by atoms with Crippen LogP contribution in [-0.2, 0) is 19.1 Å². The maximum Gasteiger partial charge on any atom is 0.311 e. The summed E-state index contributed by atoms with van der Waals surface area (Å²) in [7, 11) is 0. The van der Waals surface area contributed by atoms with Gasteiger partial charge in [-0.15, -0.1) is 18.3 Å². The minimum atomic E-state index is -0.595. The number of hydrogen-bond donors (Lipinski definition) is 1. The Balaban J connectivity index is 1.95. The molecule has 0 radical (unpaired) electrons. The van der Waals surface area contributed by atoms with E-state index >= 15 is 0 Å². The third-order valence-corrected chi connectivity index (χ3v) is 8.89. The van der Waals surface area contributed by atoms with Crippen LogP contribution >= 0.6 is 11.8 Å². The van der Waals surface area contributed by atoms with E-state index in [1.165, 1.54) is 6.08 Å². The van der Waals surface area contributed by atoms with Crippen LogP contribution in [0.3, 0.4) is 0 Å². The number of fused-ring (bicyclic) bond motifs is 1. The van der Waals surface area contributed by atoms with Crippen molar-refractivity contribution in [3.05, 3.63) is 25.3 Å². The second-order valence-electron chi connectivity index (χ2n) is 9.16. The number of aliphatic hydroxyl groups excluding tert-OH is 1. The molecule has 8 heteroatoms. The molecular weight excluding hydrogens is 428 g/mol. The Morgan fingerprint density at radius 2 is 2.06 bits per heavy atom. The van der Waals surface area contributed by atoms with Gasteiger partial charge in [-0.25, -0.2) is 0 Å². The molecule has 3 saturated heterocycles. The highest BCUT2D eigenvalue weighted by Crippen LogP contribution is 2.66. The first kappa shape index (κ1) is 24.8. The molecule has 3 fully saturated rings. The normalized spacial score (nSPS) is 30.5. The quantitative estimate of drug-likeness (QED) is 0.271. The van der Waals surface area contributed by atoms with Gasteiger partial charge in [0, 0.05) is 31.0 Å². The molecule has 3 heterocycles. The lowest BCUT2D eigenvalue weighted by Gasteiger charge is -2.38. The standard InChI is InChI=1S/C24H36N2O5S/c1-5-12-25(16(3)4)22(29)20-24-11-10-17(32-24)18(23(30)31-15-6-2)19(24)21(28)26(20)13-8-7-9-14-27/h5-6,16-20,27H,1-2,7-15H2,3-4H3/t17-,18+,19-,20?,24?/m0/s1. The molecule has 3 aliphatic heterocycles. The van der Waals surface area contributed by atoms with E-state index in [2.05, 4.69) is 13.2 Å². The van der Waals surface area contributed by atoms with Crippen molar-refractivity contribution in [3.8, 4) is 0 Å². The van der Waals surface area contributed by atoms with Gasteiger partial charge in [0.2, 0.25) is 11.8 Å². The van der Waals surface area contributed by atoms with Gasteiger partial charge in [-0.2, -0.15) is 0 Å². The molecule has 0 aromatic carbocycles. The fourth-order valence-electron chi connectivity index (χ4n) is 5.60.